The second-order valence-electron chi connectivity index (χ2n) is 4.82. The van der Waals surface area contributed by atoms with Gasteiger partial charge in [-0.1, -0.05) is 18.6 Å². The van der Waals surface area contributed by atoms with Gasteiger partial charge < -0.3 is 4.74 Å². The van der Waals surface area contributed by atoms with Crippen molar-refractivity contribution in [2.45, 2.75) is 46.1 Å². The van der Waals surface area contributed by atoms with E-state index in [1.807, 2.05) is 7.11 Å². The molecule has 0 saturated heterocycles. The van der Waals surface area contributed by atoms with Crippen molar-refractivity contribution in [2.24, 2.45) is 11.8 Å². The molecule has 0 radical (unpaired) electrons. The van der Waals surface area contributed by atoms with Crippen molar-refractivity contribution in [1.29, 1.82) is 0 Å². The highest BCUT2D eigenvalue weighted by molar-refractivity contribution is 5.08. The van der Waals surface area contributed by atoms with Gasteiger partial charge in [-0.25, -0.2) is 0 Å². The van der Waals surface area contributed by atoms with Gasteiger partial charge in [-0.05, 0) is 45.4 Å². The van der Waals surface area contributed by atoms with E-state index in [1.54, 1.807) is 0 Å². The first-order chi connectivity index (χ1) is 5.97. The molecule has 1 heteroatoms. The van der Waals surface area contributed by atoms with E-state index in [1.165, 1.54) is 18.4 Å². The molecule has 1 nitrogen and oxygen atoms in total. The molecule has 0 spiro atoms. The standard InChI is InChI=1S/C12H22O/c1-9-6-7-11(10(2)8-9)12(3,4)13-5/h8,10-11H,6-7H2,1-5H3. The highest BCUT2D eigenvalue weighted by Gasteiger charge is 2.34. The number of rotatable bonds is 2. The van der Waals surface area contributed by atoms with Crippen LogP contribution in [0, 0.1) is 11.8 Å². The predicted octanol–water partition coefficient (Wildman–Crippen LogP) is 3.40. The molecule has 1 aliphatic rings. The van der Waals surface area contributed by atoms with E-state index in [9.17, 15) is 0 Å². The van der Waals surface area contributed by atoms with Crippen molar-refractivity contribution in [3.8, 4) is 0 Å². The van der Waals surface area contributed by atoms with Gasteiger partial charge in [-0.2, -0.15) is 0 Å². The minimum Gasteiger partial charge on any atom is -0.379 e. The SMILES string of the molecule is COC(C)(C)C1CCC(C)=CC1C. The Bertz CT molecular complexity index is 203. The minimum atomic E-state index is 0.0244. The third kappa shape index (κ3) is 2.34. The second-order valence-corrected chi connectivity index (χ2v) is 4.82. The molecule has 1 rings (SSSR count). The van der Waals surface area contributed by atoms with E-state index in [2.05, 4.69) is 33.8 Å². The largest absolute Gasteiger partial charge is 0.379 e. The molecular weight excluding hydrogens is 160 g/mol. The van der Waals surface area contributed by atoms with Crippen LogP contribution in [0.5, 0.6) is 0 Å². The van der Waals surface area contributed by atoms with Crippen LogP contribution in [-0.2, 0) is 4.74 Å². The van der Waals surface area contributed by atoms with Gasteiger partial charge in [0, 0.05) is 7.11 Å². The average molecular weight is 182 g/mol. The number of hydrogen-bond acceptors (Lipinski definition) is 1. The highest BCUT2D eigenvalue weighted by atomic mass is 16.5. The maximum atomic E-state index is 5.55. The normalized spacial score (nSPS) is 30.1. The van der Waals surface area contributed by atoms with Gasteiger partial charge in [0.15, 0.2) is 0 Å². The number of methoxy groups -OCH3 is 1. The predicted molar refractivity (Wildman–Crippen MR) is 56.7 cm³/mol. The smallest absolute Gasteiger partial charge is 0.0656 e. The number of hydrogen-bond donors (Lipinski definition) is 0. The molecule has 2 atom stereocenters. The van der Waals surface area contributed by atoms with Crippen LogP contribution >= 0.6 is 0 Å². The fourth-order valence-electron chi connectivity index (χ4n) is 2.43. The van der Waals surface area contributed by atoms with Gasteiger partial charge in [-0.15, -0.1) is 0 Å². The summed E-state index contributed by atoms with van der Waals surface area (Å²) in [4.78, 5) is 0. The van der Waals surface area contributed by atoms with Crippen LogP contribution in [0.2, 0.25) is 0 Å². The van der Waals surface area contributed by atoms with Gasteiger partial charge in [0.1, 0.15) is 0 Å². The van der Waals surface area contributed by atoms with E-state index < -0.39 is 0 Å². The molecule has 0 heterocycles. The summed E-state index contributed by atoms with van der Waals surface area (Å²) in [5.74, 6) is 1.32. The summed E-state index contributed by atoms with van der Waals surface area (Å²) in [6.45, 7) is 8.92. The Morgan fingerprint density at radius 2 is 2.08 bits per heavy atom. The topological polar surface area (TPSA) is 9.23 Å². The van der Waals surface area contributed by atoms with Gasteiger partial charge in [0.05, 0.1) is 5.60 Å². The molecule has 0 amide bonds. The van der Waals surface area contributed by atoms with Crippen LogP contribution in [0.25, 0.3) is 0 Å². The molecule has 0 bridgehead atoms. The maximum Gasteiger partial charge on any atom is 0.0656 e. The van der Waals surface area contributed by atoms with Crippen LogP contribution in [0.1, 0.15) is 40.5 Å². The molecule has 0 aromatic carbocycles. The first kappa shape index (κ1) is 10.8. The third-order valence-corrected chi connectivity index (χ3v) is 3.45. The zero-order chi connectivity index (χ0) is 10.1. The summed E-state index contributed by atoms with van der Waals surface area (Å²) < 4.78 is 5.55. The first-order valence-electron chi connectivity index (χ1n) is 5.20. The molecule has 0 aromatic rings. The van der Waals surface area contributed by atoms with Crippen LogP contribution in [0.15, 0.2) is 11.6 Å². The van der Waals surface area contributed by atoms with E-state index >= 15 is 0 Å². The highest BCUT2D eigenvalue weighted by Crippen LogP contribution is 2.37. The van der Waals surface area contributed by atoms with Crippen LogP contribution in [-0.4, -0.2) is 12.7 Å². The van der Waals surface area contributed by atoms with Crippen molar-refractivity contribution in [1.82, 2.24) is 0 Å². The average Bonchev–Trinajstić information content (AvgIpc) is 2.03. The number of allylic oxidation sites excluding steroid dienone is 2. The van der Waals surface area contributed by atoms with E-state index in [-0.39, 0.29) is 5.60 Å². The first-order valence-corrected chi connectivity index (χ1v) is 5.20. The van der Waals surface area contributed by atoms with Gasteiger partial charge in [0.2, 0.25) is 0 Å². The summed E-state index contributed by atoms with van der Waals surface area (Å²) in [5, 5.41) is 0. The molecule has 0 fully saturated rings. The van der Waals surface area contributed by atoms with Crippen molar-refractivity contribution in [3.05, 3.63) is 11.6 Å². The third-order valence-electron chi connectivity index (χ3n) is 3.45. The van der Waals surface area contributed by atoms with Crippen LogP contribution in [0.3, 0.4) is 0 Å². The number of ether oxygens (including phenoxy) is 1. The lowest BCUT2D eigenvalue weighted by Gasteiger charge is -2.38. The molecule has 0 saturated carbocycles. The van der Waals surface area contributed by atoms with Gasteiger partial charge in [0.25, 0.3) is 0 Å². The van der Waals surface area contributed by atoms with Crippen LogP contribution < -0.4 is 0 Å². The molecule has 0 N–H and O–H groups in total. The summed E-state index contributed by atoms with van der Waals surface area (Å²) >= 11 is 0. The fourth-order valence-corrected chi connectivity index (χ4v) is 2.43. The van der Waals surface area contributed by atoms with Gasteiger partial charge >= 0.3 is 0 Å². The lowest BCUT2D eigenvalue weighted by Crippen LogP contribution is -2.38. The zero-order valence-electron chi connectivity index (χ0n) is 9.55. The summed E-state index contributed by atoms with van der Waals surface area (Å²) in [5.41, 5.74) is 1.56. The Hall–Kier alpha value is -0.300. The molecule has 0 aromatic heterocycles. The molecule has 13 heavy (non-hydrogen) atoms. The van der Waals surface area contributed by atoms with Gasteiger partial charge in [-0.3, -0.25) is 0 Å². The minimum absolute atomic E-state index is 0.0244. The maximum absolute atomic E-state index is 5.55. The Morgan fingerprint density at radius 1 is 1.46 bits per heavy atom. The van der Waals surface area contributed by atoms with Crippen molar-refractivity contribution < 1.29 is 4.74 Å². The quantitative estimate of drug-likeness (QED) is 0.595. The summed E-state index contributed by atoms with van der Waals surface area (Å²) in [6, 6.07) is 0. The molecular formula is C12H22O. The fraction of sp³-hybridized carbons (Fsp3) is 0.833. The van der Waals surface area contributed by atoms with Crippen molar-refractivity contribution in [3.63, 3.8) is 0 Å². The molecule has 1 aliphatic carbocycles. The van der Waals surface area contributed by atoms with E-state index in [4.69, 9.17) is 4.74 Å². The van der Waals surface area contributed by atoms with E-state index in [0.717, 1.165) is 0 Å². The van der Waals surface area contributed by atoms with Crippen LogP contribution in [0.4, 0.5) is 0 Å². The zero-order valence-corrected chi connectivity index (χ0v) is 9.55. The monoisotopic (exact) mass is 182 g/mol. The summed E-state index contributed by atoms with van der Waals surface area (Å²) in [6.07, 6.45) is 4.90. The Balaban J connectivity index is 2.73. The van der Waals surface area contributed by atoms with E-state index in [0.29, 0.717) is 11.8 Å². The Kier molecular flexibility index (Phi) is 3.18. The lowest BCUT2D eigenvalue weighted by molar-refractivity contribution is -0.0448. The molecule has 2 unspecified atom stereocenters. The molecule has 0 aliphatic heterocycles. The lowest BCUT2D eigenvalue weighted by atomic mass is 9.73. The second kappa shape index (κ2) is 3.83. The summed E-state index contributed by atoms with van der Waals surface area (Å²) in [7, 11) is 1.82. The Labute approximate surface area is 82.2 Å². The van der Waals surface area contributed by atoms with Crippen molar-refractivity contribution in [2.75, 3.05) is 7.11 Å². The Morgan fingerprint density at radius 3 is 2.54 bits per heavy atom. The van der Waals surface area contributed by atoms with Crippen molar-refractivity contribution >= 4 is 0 Å². The molecule has 76 valence electrons.